The van der Waals surface area contributed by atoms with Crippen LogP contribution in [-0.2, 0) is 20.7 Å². The van der Waals surface area contributed by atoms with Gasteiger partial charge in [0.15, 0.2) is 6.61 Å². The van der Waals surface area contributed by atoms with E-state index in [9.17, 15) is 9.59 Å². The number of ether oxygens (including phenoxy) is 3. The summed E-state index contributed by atoms with van der Waals surface area (Å²) >= 11 is 0. The number of hydrogen-bond acceptors (Lipinski definition) is 5. The summed E-state index contributed by atoms with van der Waals surface area (Å²) in [6.07, 6.45) is 2.89. The molecular weight excluding hydrogens is 418 g/mol. The zero-order valence-corrected chi connectivity index (χ0v) is 18.4. The number of amides is 1. The van der Waals surface area contributed by atoms with E-state index in [1.807, 2.05) is 54.6 Å². The van der Waals surface area contributed by atoms with Crippen molar-refractivity contribution in [2.45, 2.75) is 25.4 Å². The monoisotopic (exact) mass is 445 g/mol. The number of benzene rings is 3. The summed E-state index contributed by atoms with van der Waals surface area (Å²) in [4.78, 5) is 24.7. The van der Waals surface area contributed by atoms with E-state index in [1.54, 1.807) is 24.3 Å². The van der Waals surface area contributed by atoms with E-state index in [-0.39, 0.29) is 18.6 Å². The number of carbonyl (C=O) groups is 2. The minimum atomic E-state index is -0.562. The highest BCUT2D eigenvalue weighted by Crippen LogP contribution is 2.20. The molecule has 1 aliphatic rings. The Morgan fingerprint density at radius 2 is 1.70 bits per heavy atom. The van der Waals surface area contributed by atoms with Crippen molar-refractivity contribution >= 4 is 17.6 Å². The smallest absolute Gasteiger partial charge is 0.338 e. The van der Waals surface area contributed by atoms with Gasteiger partial charge in [-0.3, -0.25) is 4.79 Å². The average molecular weight is 446 g/mol. The van der Waals surface area contributed by atoms with Gasteiger partial charge in [0.1, 0.15) is 12.4 Å². The molecule has 0 spiro atoms. The summed E-state index contributed by atoms with van der Waals surface area (Å²) in [5, 5.41) is 2.84. The van der Waals surface area contributed by atoms with E-state index in [0.717, 1.165) is 30.6 Å². The molecule has 3 aromatic carbocycles. The molecule has 1 unspecified atom stereocenters. The van der Waals surface area contributed by atoms with E-state index >= 15 is 0 Å². The van der Waals surface area contributed by atoms with Gasteiger partial charge in [-0.2, -0.15) is 0 Å². The van der Waals surface area contributed by atoms with Gasteiger partial charge in [-0.1, -0.05) is 48.5 Å². The minimum absolute atomic E-state index is 0.131. The van der Waals surface area contributed by atoms with Crippen LogP contribution in [0.15, 0.2) is 78.9 Å². The van der Waals surface area contributed by atoms with E-state index in [4.69, 9.17) is 14.2 Å². The average Bonchev–Trinajstić information content (AvgIpc) is 3.37. The zero-order chi connectivity index (χ0) is 22.9. The van der Waals surface area contributed by atoms with E-state index in [2.05, 4.69) is 5.32 Å². The molecule has 1 heterocycles. The summed E-state index contributed by atoms with van der Waals surface area (Å²) in [5.74, 6) is -0.288. The van der Waals surface area contributed by atoms with Gasteiger partial charge in [-0.05, 0) is 60.7 Å². The highest BCUT2D eigenvalue weighted by molar-refractivity contribution is 5.96. The fraction of sp³-hybridized carbons (Fsp3) is 0.259. The van der Waals surface area contributed by atoms with E-state index < -0.39 is 5.97 Å². The first-order valence-corrected chi connectivity index (χ1v) is 11.1. The Morgan fingerprint density at radius 3 is 2.45 bits per heavy atom. The summed E-state index contributed by atoms with van der Waals surface area (Å²) < 4.78 is 16.4. The Kier molecular flexibility index (Phi) is 7.72. The van der Waals surface area contributed by atoms with Gasteiger partial charge >= 0.3 is 5.97 Å². The Hall–Kier alpha value is -3.64. The molecule has 1 aliphatic heterocycles. The first-order valence-electron chi connectivity index (χ1n) is 11.1. The summed E-state index contributed by atoms with van der Waals surface area (Å²) in [6, 6.07) is 24.3. The standard InChI is InChI=1S/C27H27NO5/c29-26(28-25-11-5-4-9-22(25)17-20-7-2-1-3-8-20)19-33-27(30)21-12-14-23(15-13-21)32-18-24-10-6-16-31-24/h1-5,7-9,11-15,24H,6,10,16-19H2,(H,28,29). The van der Waals surface area contributed by atoms with Crippen LogP contribution in [0.2, 0.25) is 0 Å². The Morgan fingerprint density at radius 1 is 0.939 bits per heavy atom. The van der Waals surface area contributed by atoms with Crippen LogP contribution < -0.4 is 10.1 Å². The number of esters is 1. The number of nitrogens with one attached hydrogen (secondary N) is 1. The van der Waals surface area contributed by atoms with Crippen LogP contribution in [-0.4, -0.2) is 37.8 Å². The number of carbonyl (C=O) groups excluding carboxylic acids is 2. The molecule has 1 atom stereocenters. The van der Waals surface area contributed by atoms with Crippen molar-refractivity contribution in [2.75, 3.05) is 25.1 Å². The second kappa shape index (κ2) is 11.3. The maximum absolute atomic E-state index is 12.4. The van der Waals surface area contributed by atoms with Crippen molar-refractivity contribution < 1.29 is 23.8 Å². The molecule has 1 saturated heterocycles. The minimum Gasteiger partial charge on any atom is -0.491 e. The highest BCUT2D eigenvalue weighted by atomic mass is 16.5. The van der Waals surface area contributed by atoms with Gasteiger partial charge in [-0.25, -0.2) is 4.79 Å². The van der Waals surface area contributed by atoms with Crippen LogP contribution >= 0.6 is 0 Å². The number of para-hydroxylation sites is 1. The molecule has 0 aliphatic carbocycles. The van der Waals surface area contributed by atoms with Gasteiger partial charge in [0, 0.05) is 12.3 Å². The van der Waals surface area contributed by atoms with E-state index in [0.29, 0.717) is 30.0 Å². The molecule has 170 valence electrons. The van der Waals surface area contributed by atoms with Gasteiger partial charge in [0.05, 0.1) is 11.7 Å². The van der Waals surface area contributed by atoms with Gasteiger partial charge in [0.25, 0.3) is 5.91 Å². The molecule has 0 radical (unpaired) electrons. The van der Waals surface area contributed by atoms with Crippen molar-refractivity contribution in [3.8, 4) is 5.75 Å². The van der Waals surface area contributed by atoms with Crippen molar-refractivity contribution in [3.05, 3.63) is 95.6 Å². The Balaban J connectivity index is 1.26. The molecule has 6 nitrogen and oxygen atoms in total. The molecular formula is C27H27NO5. The predicted molar refractivity (Wildman–Crippen MR) is 126 cm³/mol. The summed E-state index contributed by atoms with van der Waals surface area (Å²) in [7, 11) is 0. The maximum Gasteiger partial charge on any atom is 0.338 e. The molecule has 3 aromatic rings. The molecule has 0 aromatic heterocycles. The SMILES string of the molecule is O=C(COC(=O)c1ccc(OCC2CCCO2)cc1)Nc1ccccc1Cc1ccccc1. The van der Waals surface area contributed by atoms with Gasteiger partial charge in [0.2, 0.25) is 0 Å². The quantitative estimate of drug-likeness (QED) is 0.486. The normalized spacial score (nSPS) is 15.1. The van der Waals surface area contributed by atoms with Crippen LogP contribution in [0.1, 0.15) is 34.3 Å². The lowest BCUT2D eigenvalue weighted by molar-refractivity contribution is -0.119. The van der Waals surface area contributed by atoms with Crippen LogP contribution in [0.25, 0.3) is 0 Å². The second-order valence-corrected chi connectivity index (χ2v) is 7.91. The van der Waals surface area contributed by atoms with E-state index in [1.165, 1.54) is 0 Å². The van der Waals surface area contributed by atoms with Gasteiger partial charge in [-0.15, -0.1) is 0 Å². The topological polar surface area (TPSA) is 73.9 Å². The first-order chi connectivity index (χ1) is 16.2. The van der Waals surface area contributed by atoms with Crippen molar-refractivity contribution in [3.63, 3.8) is 0 Å². The second-order valence-electron chi connectivity index (χ2n) is 7.91. The molecule has 1 fully saturated rings. The predicted octanol–water partition coefficient (Wildman–Crippen LogP) is 4.63. The molecule has 6 heteroatoms. The Labute approximate surface area is 193 Å². The lowest BCUT2D eigenvalue weighted by Gasteiger charge is -2.12. The van der Waals surface area contributed by atoms with Gasteiger partial charge < -0.3 is 19.5 Å². The molecule has 33 heavy (non-hydrogen) atoms. The highest BCUT2D eigenvalue weighted by Gasteiger charge is 2.16. The van der Waals surface area contributed by atoms with Crippen LogP contribution in [0.3, 0.4) is 0 Å². The molecule has 0 saturated carbocycles. The molecule has 1 amide bonds. The third kappa shape index (κ3) is 6.67. The third-order valence-corrected chi connectivity index (χ3v) is 5.41. The molecule has 0 bridgehead atoms. The number of hydrogen-bond donors (Lipinski definition) is 1. The fourth-order valence-electron chi connectivity index (χ4n) is 3.67. The molecule has 1 N–H and O–H groups in total. The lowest BCUT2D eigenvalue weighted by Crippen LogP contribution is -2.21. The lowest BCUT2D eigenvalue weighted by atomic mass is 10.0. The Bertz CT molecular complexity index is 1060. The van der Waals surface area contributed by atoms with Crippen molar-refractivity contribution in [1.29, 1.82) is 0 Å². The van der Waals surface area contributed by atoms with Crippen LogP contribution in [0.4, 0.5) is 5.69 Å². The largest absolute Gasteiger partial charge is 0.491 e. The molecule has 4 rings (SSSR count). The third-order valence-electron chi connectivity index (χ3n) is 5.41. The number of anilines is 1. The fourth-order valence-corrected chi connectivity index (χ4v) is 3.67. The summed E-state index contributed by atoms with van der Waals surface area (Å²) in [6.45, 7) is 0.913. The number of rotatable bonds is 9. The summed E-state index contributed by atoms with van der Waals surface area (Å²) in [5.41, 5.74) is 3.20. The van der Waals surface area contributed by atoms with Crippen molar-refractivity contribution in [1.82, 2.24) is 0 Å². The van der Waals surface area contributed by atoms with Crippen molar-refractivity contribution in [2.24, 2.45) is 0 Å². The maximum atomic E-state index is 12.4. The first kappa shape index (κ1) is 22.6. The van der Waals surface area contributed by atoms with Crippen LogP contribution in [0.5, 0.6) is 5.75 Å². The zero-order valence-electron chi connectivity index (χ0n) is 18.4. The van der Waals surface area contributed by atoms with Crippen LogP contribution in [0, 0.1) is 0 Å².